The summed E-state index contributed by atoms with van der Waals surface area (Å²) in [6, 6.07) is 0. The van der Waals surface area contributed by atoms with E-state index in [0.717, 1.165) is 12.8 Å². The molecule has 0 saturated heterocycles. The molecule has 0 unspecified atom stereocenters. The van der Waals surface area contributed by atoms with Gasteiger partial charge >= 0.3 is 0 Å². The second-order valence-corrected chi connectivity index (χ2v) is 3.74. The third-order valence-electron chi connectivity index (χ3n) is 2.54. The summed E-state index contributed by atoms with van der Waals surface area (Å²) in [6.07, 6.45) is 2.44. The molecule has 15 heavy (non-hydrogen) atoms. The number of hydrogen-bond donors (Lipinski definition) is 4. The lowest BCUT2D eigenvalue weighted by Crippen LogP contribution is -2.53. The van der Waals surface area contributed by atoms with Crippen LogP contribution in [0.25, 0.3) is 0 Å². The molecule has 0 aromatic rings. The van der Waals surface area contributed by atoms with Crippen molar-refractivity contribution in [2.24, 2.45) is 5.73 Å². The SMILES string of the molecule is CCC(CO)(CO)NC(=O)CCCCN. The zero-order chi connectivity index (χ0) is 11.7. The average molecular weight is 218 g/mol. The monoisotopic (exact) mass is 218 g/mol. The van der Waals surface area contributed by atoms with Crippen LogP contribution in [0.2, 0.25) is 0 Å². The van der Waals surface area contributed by atoms with E-state index in [1.54, 1.807) is 0 Å². The quantitative estimate of drug-likeness (QED) is 0.408. The maximum absolute atomic E-state index is 11.4. The van der Waals surface area contributed by atoms with Gasteiger partial charge < -0.3 is 21.3 Å². The fourth-order valence-electron chi connectivity index (χ4n) is 1.23. The highest BCUT2D eigenvalue weighted by Crippen LogP contribution is 2.09. The Balaban J connectivity index is 4.00. The Morgan fingerprint density at radius 2 is 1.93 bits per heavy atom. The normalized spacial score (nSPS) is 11.5. The molecule has 0 aliphatic heterocycles. The molecule has 90 valence electrons. The van der Waals surface area contributed by atoms with E-state index >= 15 is 0 Å². The third kappa shape index (κ3) is 5.11. The summed E-state index contributed by atoms with van der Waals surface area (Å²) in [5.41, 5.74) is 4.43. The summed E-state index contributed by atoms with van der Waals surface area (Å²) in [7, 11) is 0. The average Bonchev–Trinajstić information content (AvgIpc) is 2.26. The zero-order valence-corrected chi connectivity index (χ0v) is 9.33. The van der Waals surface area contributed by atoms with Crippen molar-refractivity contribution >= 4 is 5.91 Å². The van der Waals surface area contributed by atoms with Gasteiger partial charge in [0.15, 0.2) is 0 Å². The van der Waals surface area contributed by atoms with Gasteiger partial charge in [0, 0.05) is 6.42 Å². The first-order valence-corrected chi connectivity index (χ1v) is 5.37. The van der Waals surface area contributed by atoms with Crippen LogP contribution in [0, 0.1) is 0 Å². The molecule has 0 saturated carbocycles. The highest BCUT2D eigenvalue weighted by molar-refractivity contribution is 5.76. The number of aliphatic hydroxyl groups is 2. The van der Waals surface area contributed by atoms with E-state index in [2.05, 4.69) is 5.32 Å². The van der Waals surface area contributed by atoms with Gasteiger partial charge in [-0.1, -0.05) is 6.92 Å². The first-order chi connectivity index (χ1) is 7.14. The summed E-state index contributed by atoms with van der Waals surface area (Å²) >= 11 is 0. The summed E-state index contributed by atoms with van der Waals surface area (Å²) in [5.74, 6) is -0.145. The molecule has 0 rings (SSSR count). The predicted molar refractivity (Wildman–Crippen MR) is 58.2 cm³/mol. The van der Waals surface area contributed by atoms with Crippen molar-refractivity contribution in [1.82, 2.24) is 5.32 Å². The van der Waals surface area contributed by atoms with Gasteiger partial charge in [0.1, 0.15) is 0 Å². The molecule has 0 spiro atoms. The molecule has 0 fully saturated rings. The highest BCUT2D eigenvalue weighted by atomic mass is 16.3. The molecule has 0 bridgehead atoms. The first kappa shape index (κ1) is 14.3. The van der Waals surface area contributed by atoms with Crippen LogP contribution in [0.3, 0.4) is 0 Å². The van der Waals surface area contributed by atoms with Crippen molar-refractivity contribution in [3.63, 3.8) is 0 Å². The Morgan fingerprint density at radius 1 is 1.33 bits per heavy atom. The number of carbonyl (C=O) groups excluding carboxylic acids is 1. The summed E-state index contributed by atoms with van der Waals surface area (Å²) in [4.78, 5) is 11.4. The number of hydrogen-bond acceptors (Lipinski definition) is 4. The molecule has 0 radical (unpaired) electrons. The molecule has 0 heterocycles. The fourth-order valence-corrected chi connectivity index (χ4v) is 1.23. The van der Waals surface area contributed by atoms with Crippen molar-refractivity contribution < 1.29 is 15.0 Å². The smallest absolute Gasteiger partial charge is 0.220 e. The number of carbonyl (C=O) groups is 1. The fraction of sp³-hybridized carbons (Fsp3) is 0.900. The second-order valence-electron chi connectivity index (χ2n) is 3.74. The van der Waals surface area contributed by atoms with Crippen LogP contribution in [-0.2, 0) is 4.79 Å². The van der Waals surface area contributed by atoms with Crippen LogP contribution >= 0.6 is 0 Å². The molecule has 1 amide bonds. The van der Waals surface area contributed by atoms with Gasteiger partial charge in [-0.3, -0.25) is 4.79 Å². The molecule has 5 nitrogen and oxygen atoms in total. The van der Waals surface area contributed by atoms with Crippen LogP contribution in [0.15, 0.2) is 0 Å². The van der Waals surface area contributed by atoms with Gasteiger partial charge in [-0.05, 0) is 25.8 Å². The minimum absolute atomic E-state index is 0.145. The van der Waals surface area contributed by atoms with Gasteiger partial charge in [-0.2, -0.15) is 0 Å². The molecule has 0 atom stereocenters. The lowest BCUT2D eigenvalue weighted by Gasteiger charge is -2.29. The van der Waals surface area contributed by atoms with E-state index in [0.29, 0.717) is 19.4 Å². The number of aliphatic hydroxyl groups excluding tert-OH is 2. The third-order valence-corrected chi connectivity index (χ3v) is 2.54. The largest absolute Gasteiger partial charge is 0.394 e. The van der Waals surface area contributed by atoms with Crippen molar-refractivity contribution in [3.05, 3.63) is 0 Å². The predicted octanol–water partition coefficient (Wildman–Crippen LogP) is -0.635. The van der Waals surface area contributed by atoms with E-state index in [-0.39, 0.29) is 19.1 Å². The van der Waals surface area contributed by atoms with Crippen molar-refractivity contribution in [2.45, 2.75) is 38.1 Å². The summed E-state index contributed by atoms with van der Waals surface area (Å²) in [5, 5.41) is 20.9. The molecule has 0 aliphatic rings. The Kier molecular flexibility index (Phi) is 7.29. The Hall–Kier alpha value is -0.650. The number of unbranched alkanes of at least 4 members (excludes halogenated alkanes) is 1. The minimum Gasteiger partial charge on any atom is -0.394 e. The van der Waals surface area contributed by atoms with Gasteiger partial charge in [-0.15, -0.1) is 0 Å². The Morgan fingerprint density at radius 3 is 2.33 bits per heavy atom. The molecule has 0 aromatic heterocycles. The van der Waals surface area contributed by atoms with Gasteiger partial charge in [-0.25, -0.2) is 0 Å². The van der Waals surface area contributed by atoms with Crippen LogP contribution in [0.5, 0.6) is 0 Å². The van der Waals surface area contributed by atoms with Crippen LogP contribution < -0.4 is 11.1 Å². The van der Waals surface area contributed by atoms with Crippen molar-refractivity contribution in [2.75, 3.05) is 19.8 Å². The van der Waals surface area contributed by atoms with Crippen LogP contribution in [-0.4, -0.2) is 41.4 Å². The molecule has 0 aliphatic carbocycles. The molecular weight excluding hydrogens is 196 g/mol. The van der Waals surface area contributed by atoms with E-state index < -0.39 is 5.54 Å². The maximum atomic E-state index is 11.4. The second kappa shape index (κ2) is 7.62. The molecule has 0 aromatic carbocycles. The lowest BCUT2D eigenvalue weighted by molar-refractivity contribution is -0.124. The standard InChI is InChI=1S/C10H22N2O3/c1-2-10(7-13,8-14)12-9(15)5-3-4-6-11/h13-14H,2-8,11H2,1H3,(H,12,15). The number of nitrogens with one attached hydrogen (secondary N) is 1. The summed E-state index contributed by atoms with van der Waals surface area (Å²) in [6.45, 7) is 1.89. The van der Waals surface area contributed by atoms with Gasteiger partial charge in [0.05, 0.1) is 18.8 Å². The van der Waals surface area contributed by atoms with Gasteiger partial charge in [0.25, 0.3) is 0 Å². The Labute approximate surface area is 90.7 Å². The number of amides is 1. The van der Waals surface area contributed by atoms with Crippen molar-refractivity contribution in [1.29, 1.82) is 0 Å². The first-order valence-electron chi connectivity index (χ1n) is 5.37. The minimum atomic E-state index is -0.875. The Bertz CT molecular complexity index is 173. The van der Waals surface area contributed by atoms with E-state index in [9.17, 15) is 4.79 Å². The molecule has 5 heteroatoms. The highest BCUT2D eigenvalue weighted by Gasteiger charge is 2.27. The maximum Gasteiger partial charge on any atom is 0.220 e. The summed E-state index contributed by atoms with van der Waals surface area (Å²) < 4.78 is 0. The lowest BCUT2D eigenvalue weighted by atomic mass is 9.98. The van der Waals surface area contributed by atoms with Crippen molar-refractivity contribution in [3.8, 4) is 0 Å². The zero-order valence-electron chi connectivity index (χ0n) is 9.33. The van der Waals surface area contributed by atoms with E-state index in [1.807, 2.05) is 6.92 Å². The topological polar surface area (TPSA) is 95.6 Å². The number of rotatable bonds is 8. The van der Waals surface area contributed by atoms with Crippen LogP contribution in [0.1, 0.15) is 32.6 Å². The molecule has 5 N–H and O–H groups in total. The van der Waals surface area contributed by atoms with E-state index in [1.165, 1.54) is 0 Å². The van der Waals surface area contributed by atoms with Gasteiger partial charge in [0.2, 0.25) is 5.91 Å². The van der Waals surface area contributed by atoms with Crippen LogP contribution in [0.4, 0.5) is 0 Å². The van der Waals surface area contributed by atoms with E-state index in [4.69, 9.17) is 15.9 Å². The number of nitrogens with two attached hydrogens (primary N) is 1. The molecular formula is C10H22N2O3.